The fraction of sp³-hybridized carbons (Fsp3) is 0.200. The smallest absolute Gasteiger partial charge is 0.230 e. The summed E-state index contributed by atoms with van der Waals surface area (Å²) >= 11 is 3.06. The number of methoxy groups -OCH3 is 2. The maximum atomic E-state index is 12.3. The molecule has 0 atom stereocenters. The molecule has 0 bridgehead atoms. The van der Waals surface area contributed by atoms with Gasteiger partial charge in [-0.3, -0.25) is 4.79 Å². The Bertz CT molecular complexity index is 923. The number of ether oxygens (including phenoxy) is 2. The molecular formula is C20H20N2O3S2. The van der Waals surface area contributed by atoms with Crippen LogP contribution in [0.5, 0.6) is 11.5 Å². The number of rotatable bonds is 7. The summed E-state index contributed by atoms with van der Waals surface area (Å²) in [6.45, 7) is 0. The molecule has 1 aromatic heterocycles. The molecule has 0 radical (unpaired) electrons. The van der Waals surface area contributed by atoms with Crippen LogP contribution < -0.4 is 14.8 Å². The van der Waals surface area contributed by atoms with Gasteiger partial charge in [0.25, 0.3) is 0 Å². The zero-order valence-electron chi connectivity index (χ0n) is 15.3. The van der Waals surface area contributed by atoms with Gasteiger partial charge in [0.2, 0.25) is 5.91 Å². The van der Waals surface area contributed by atoms with Gasteiger partial charge in [0, 0.05) is 21.9 Å². The molecule has 0 aliphatic carbocycles. The fourth-order valence-electron chi connectivity index (χ4n) is 2.56. The Hall–Kier alpha value is -2.51. The van der Waals surface area contributed by atoms with Crippen LogP contribution in [0.2, 0.25) is 0 Å². The first-order valence-electron chi connectivity index (χ1n) is 8.23. The van der Waals surface area contributed by atoms with Crippen molar-refractivity contribution < 1.29 is 14.3 Å². The predicted octanol–water partition coefficient (Wildman–Crippen LogP) is 4.73. The lowest BCUT2D eigenvalue weighted by molar-refractivity contribution is -0.115. The molecule has 1 heterocycles. The first-order valence-corrected chi connectivity index (χ1v) is 10.3. The molecule has 0 aliphatic heterocycles. The highest BCUT2D eigenvalue weighted by molar-refractivity contribution is 7.98. The van der Waals surface area contributed by atoms with Crippen LogP contribution in [0.4, 0.5) is 5.13 Å². The monoisotopic (exact) mass is 400 g/mol. The van der Waals surface area contributed by atoms with Crippen molar-refractivity contribution in [3.05, 3.63) is 53.4 Å². The van der Waals surface area contributed by atoms with E-state index in [9.17, 15) is 4.79 Å². The average molecular weight is 401 g/mol. The van der Waals surface area contributed by atoms with E-state index >= 15 is 0 Å². The molecule has 3 aromatic rings. The topological polar surface area (TPSA) is 60.5 Å². The second kappa shape index (κ2) is 8.92. The average Bonchev–Trinajstić information content (AvgIpc) is 3.16. The number of anilines is 1. The van der Waals surface area contributed by atoms with Crippen LogP contribution in [-0.2, 0) is 11.2 Å². The summed E-state index contributed by atoms with van der Waals surface area (Å²) in [5.41, 5.74) is 2.57. The summed E-state index contributed by atoms with van der Waals surface area (Å²) in [6.07, 6.45) is 2.34. The van der Waals surface area contributed by atoms with Gasteiger partial charge in [-0.25, -0.2) is 4.98 Å². The summed E-state index contributed by atoms with van der Waals surface area (Å²) in [4.78, 5) is 18.0. The quantitative estimate of drug-likeness (QED) is 0.581. The standard InChI is InChI=1S/C20H20N2O3S2/c1-24-14-6-9-16(18(11-14)25-2)17-12-27-20(21-17)22-19(23)10-13-4-7-15(26-3)8-5-13/h4-9,11-12H,10H2,1-3H3,(H,21,22,23). The number of carbonyl (C=O) groups excluding carboxylic acids is 1. The van der Waals surface area contributed by atoms with E-state index in [4.69, 9.17) is 9.47 Å². The van der Waals surface area contributed by atoms with Crippen molar-refractivity contribution in [2.75, 3.05) is 25.8 Å². The largest absolute Gasteiger partial charge is 0.497 e. The van der Waals surface area contributed by atoms with Crippen molar-refractivity contribution in [2.24, 2.45) is 0 Å². The Balaban J connectivity index is 1.69. The van der Waals surface area contributed by atoms with E-state index in [1.54, 1.807) is 26.0 Å². The molecule has 0 spiro atoms. The summed E-state index contributed by atoms with van der Waals surface area (Å²) in [5, 5.41) is 5.33. The lowest BCUT2D eigenvalue weighted by atomic mass is 10.1. The predicted molar refractivity (Wildman–Crippen MR) is 111 cm³/mol. The second-order valence-corrected chi connectivity index (χ2v) is 7.41. The third kappa shape index (κ3) is 4.81. The normalized spacial score (nSPS) is 10.5. The molecule has 0 saturated carbocycles. The molecule has 0 unspecified atom stereocenters. The van der Waals surface area contributed by atoms with Gasteiger partial charge in [0.15, 0.2) is 5.13 Å². The van der Waals surface area contributed by atoms with E-state index in [0.717, 1.165) is 16.8 Å². The minimum atomic E-state index is -0.0884. The molecule has 5 nitrogen and oxygen atoms in total. The molecular weight excluding hydrogens is 380 g/mol. The van der Waals surface area contributed by atoms with Crippen LogP contribution >= 0.6 is 23.1 Å². The highest BCUT2D eigenvalue weighted by Crippen LogP contribution is 2.34. The van der Waals surface area contributed by atoms with E-state index in [1.165, 1.54) is 16.2 Å². The highest BCUT2D eigenvalue weighted by Gasteiger charge is 2.13. The van der Waals surface area contributed by atoms with Crippen LogP contribution in [0.25, 0.3) is 11.3 Å². The SMILES string of the molecule is COc1ccc(-c2csc(NC(=O)Cc3ccc(SC)cc3)n2)c(OC)c1. The number of aromatic nitrogens is 1. The fourth-order valence-corrected chi connectivity index (χ4v) is 3.69. The highest BCUT2D eigenvalue weighted by atomic mass is 32.2. The minimum Gasteiger partial charge on any atom is -0.497 e. The van der Waals surface area contributed by atoms with Crippen molar-refractivity contribution >= 4 is 34.1 Å². The summed E-state index contributed by atoms with van der Waals surface area (Å²) < 4.78 is 10.6. The number of thioether (sulfide) groups is 1. The van der Waals surface area contributed by atoms with Crippen LogP contribution in [0, 0.1) is 0 Å². The number of nitrogens with zero attached hydrogens (tertiary/aromatic N) is 1. The zero-order chi connectivity index (χ0) is 19.2. The summed E-state index contributed by atoms with van der Waals surface area (Å²) in [7, 11) is 3.22. The van der Waals surface area contributed by atoms with Crippen molar-refractivity contribution in [2.45, 2.75) is 11.3 Å². The van der Waals surface area contributed by atoms with E-state index in [-0.39, 0.29) is 5.91 Å². The van der Waals surface area contributed by atoms with Gasteiger partial charge in [-0.15, -0.1) is 23.1 Å². The van der Waals surface area contributed by atoms with Gasteiger partial charge in [0.1, 0.15) is 11.5 Å². The molecule has 1 amide bonds. The third-order valence-electron chi connectivity index (χ3n) is 3.96. The Morgan fingerprint density at radius 3 is 2.59 bits per heavy atom. The van der Waals surface area contributed by atoms with Gasteiger partial charge in [0.05, 0.1) is 26.3 Å². The van der Waals surface area contributed by atoms with Gasteiger partial charge < -0.3 is 14.8 Å². The third-order valence-corrected chi connectivity index (χ3v) is 5.46. The molecule has 140 valence electrons. The van der Waals surface area contributed by atoms with E-state index in [1.807, 2.05) is 54.1 Å². The molecule has 7 heteroatoms. The second-order valence-electron chi connectivity index (χ2n) is 5.68. The molecule has 1 N–H and O–H groups in total. The van der Waals surface area contributed by atoms with Gasteiger partial charge >= 0.3 is 0 Å². The van der Waals surface area contributed by atoms with Crippen molar-refractivity contribution in [3.63, 3.8) is 0 Å². The van der Waals surface area contributed by atoms with Crippen LogP contribution in [0.3, 0.4) is 0 Å². The van der Waals surface area contributed by atoms with Crippen molar-refractivity contribution in [1.82, 2.24) is 4.98 Å². The number of thiazole rings is 1. The Labute approximate surface area is 166 Å². The van der Waals surface area contributed by atoms with E-state index in [2.05, 4.69) is 10.3 Å². The number of hydrogen-bond acceptors (Lipinski definition) is 6. The zero-order valence-corrected chi connectivity index (χ0v) is 16.9. The molecule has 0 aliphatic rings. The Morgan fingerprint density at radius 2 is 1.93 bits per heavy atom. The minimum absolute atomic E-state index is 0.0884. The molecule has 2 aromatic carbocycles. The number of amides is 1. The summed E-state index contributed by atoms with van der Waals surface area (Å²) in [5.74, 6) is 1.30. The number of hydrogen-bond donors (Lipinski definition) is 1. The first-order chi connectivity index (χ1) is 13.1. The molecule has 0 fully saturated rings. The van der Waals surface area contributed by atoms with Crippen molar-refractivity contribution in [3.8, 4) is 22.8 Å². The lowest BCUT2D eigenvalue weighted by Crippen LogP contribution is -2.14. The van der Waals surface area contributed by atoms with E-state index < -0.39 is 0 Å². The lowest BCUT2D eigenvalue weighted by Gasteiger charge is -2.08. The number of nitrogens with one attached hydrogen (secondary N) is 1. The maximum Gasteiger partial charge on any atom is 0.230 e. The number of carbonyl (C=O) groups is 1. The first kappa shape index (κ1) is 19.3. The van der Waals surface area contributed by atoms with E-state index in [0.29, 0.717) is 23.1 Å². The van der Waals surface area contributed by atoms with Gasteiger partial charge in [-0.05, 0) is 36.1 Å². The van der Waals surface area contributed by atoms with Crippen LogP contribution in [0.1, 0.15) is 5.56 Å². The molecule has 27 heavy (non-hydrogen) atoms. The molecule has 3 rings (SSSR count). The summed E-state index contributed by atoms with van der Waals surface area (Å²) in [6, 6.07) is 13.5. The Kier molecular flexibility index (Phi) is 6.36. The number of benzene rings is 2. The van der Waals surface area contributed by atoms with Gasteiger partial charge in [-0.2, -0.15) is 0 Å². The van der Waals surface area contributed by atoms with Gasteiger partial charge in [-0.1, -0.05) is 12.1 Å². The Morgan fingerprint density at radius 1 is 1.15 bits per heavy atom. The maximum absolute atomic E-state index is 12.3. The van der Waals surface area contributed by atoms with Crippen LogP contribution in [-0.4, -0.2) is 31.4 Å². The molecule has 0 saturated heterocycles. The van der Waals surface area contributed by atoms with Crippen LogP contribution in [0.15, 0.2) is 52.7 Å². The van der Waals surface area contributed by atoms with Crippen molar-refractivity contribution in [1.29, 1.82) is 0 Å².